The first-order valence-electron chi connectivity index (χ1n) is 4.83. The van der Waals surface area contributed by atoms with Crippen LogP contribution in [0.25, 0.3) is 0 Å². The monoisotopic (exact) mass is 200 g/mol. The molecule has 0 aromatic carbocycles. The fourth-order valence-corrected chi connectivity index (χ4v) is 4.46. The van der Waals surface area contributed by atoms with Crippen molar-refractivity contribution in [3.63, 3.8) is 0 Å². The van der Waals surface area contributed by atoms with Crippen molar-refractivity contribution in [1.82, 2.24) is 9.80 Å². The van der Waals surface area contributed by atoms with Gasteiger partial charge in [-0.25, -0.2) is 0 Å². The summed E-state index contributed by atoms with van der Waals surface area (Å²) in [5.74, 6) is 0. The molecule has 0 aliphatic carbocycles. The molecule has 0 aliphatic heterocycles. The summed E-state index contributed by atoms with van der Waals surface area (Å²) in [5, 5.41) is 0.244. The highest BCUT2D eigenvalue weighted by Gasteiger charge is 2.35. The Hall–Kier alpha value is -0.123. The molecule has 2 nitrogen and oxygen atoms in total. The summed E-state index contributed by atoms with van der Waals surface area (Å²) in [5.41, 5.74) is 0. The van der Waals surface area contributed by atoms with Crippen molar-refractivity contribution in [2.24, 2.45) is 0 Å². The molecule has 0 amide bonds. The van der Waals surface area contributed by atoms with Gasteiger partial charge in [0.05, 0.1) is 14.1 Å². The maximum Gasteiger partial charge on any atom is 0.0795 e. The van der Waals surface area contributed by atoms with Crippen molar-refractivity contribution in [1.29, 1.82) is 0 Å². The van der Waals surface area contributed by atoms with E-state index in [2.05, 4.69) is 64.1 Å². The molecule has 0 heterocycles. The van der Waals surface area contributed by atoms with Crippen molar-refractivity contribution in [3.8, 4) is 0 Å². The van der Waals surface area contributed by atoms with Crippen LogP contribution in [0.4, 0.5) is 0 Å². The first-order chi connectivity index (χ1) is 5.87. The lowest BCUT2D eigenvalue weighted by Crippen LogP contribution is -2.61. The highest BCUT2D eigenvalue weighted by atomic mass is 28.3. The maximum atomic E-state index is 3.83. The van der Waals surface area contributed by atoms with E-state index in [4.69, 9.17) is 0 Å². The van der Waals surface area contributed by atoms with Crippen LogP contribution in [0.2, 0.25) is 12.6 Å². The van der Waals surface area contributed by atoms with Gasteiger partial charge in [0.25, 0.3) is 0 Å². The van der Waals surface area contributed by atoms with Gasteiger partial charge in [-0.2, -0.15) is 0 Å². The number of hydrogen-bond acceptors (Lipinski definition) is 2. The third kappa shape index (κ3) is 2.66. The van der Waals surface area contributed by atoms with Gasteiger partial charge in [-0.3, -0.25) is 9.80 Å². The minimum Gasteiger partial charge on any atom is -0.295 e. The van der Waals surface area contributed by atoms with E-state index in [0.29, 0.717) is 0 Å². The molecule has 1 unspecified atom stereocenters. The van der Waals surface area contributed by atoms with Crippen molar-refractivity contribution >= 4 is 8.80 Å². The van der Waals surface area contributed by atoms with E-state index in [0.717, 1.165) is 0 Å². The van der Waals surface area contributed by atoms with E-state index in [1.807, 2.05) is 0 Å². The number of rotatable bonds is 5. The predicted molar refractivity (Wildman–Crippen MR) is 63.8 cm³/mol. The van der Waals surface area contributed by atoms with Gasteiger partial charge in [-0.05, 0) is 41.2 Å². The van der Waals surface area contributed by atoms with E-state index in [-0.39, 0.29) is 5.29 Å². The van der Waals surface area contributed by atoms with Gasteiger partial charge in [0, 0.05) is 0 Å². The largest absolute Gasteiger partial charge is 0.295 e. The summed E-state index contributed by atoms with van der Waals surface area (Å²) >= 11 is 0. The van der Waals surface area contributed by atoms with Crippen LogP contribution in [-0.4, -0.2) is 52.1 Å². The van der Waals surface area contributed by atoms with Crippen molar-refractivity contribution in [3.05, 3.63) is 12.7 Å². The van der Waals surface area contributed by atoms with Gasteiger partial charge in [0.2, 0.25) is 0 Å². The molecule has 0 N–H and O–H groups in total. The van der Waals surface area contributed by atoms with Crippen LogP contribution in [0.15, 0.2) is 12.7 Å². The van der Waals surface area contributed by atoms with Crippen molar-refractivity contribution in [2.75, 3.05) is 28.2 Å². The molecule has 0 rings (SSSR count). The van der Waals surface area contributed by atoms with E-state index in [9.17, 15) is 0 Å². The molecular formula is C10H24N2Si. The van der Waals surface area contributed by atoms with E-state index >= 15 is 0 Å². The molecule has 1 atom stereocenters. The maximum absolute atomic E-state index is 3.83. The van der Waals surface area contributed by atoms with E-state index in [1.54, 1.807) is 0 Å². The lowest BCUT2D eigenvalue weighted by molar-refractivity contribution is 0.0954. The molecule has 0 bridgehead atoms. The summed E-state index contributed by atoms with van der Waals surface area (Å²) in [4.78, 5) is 4.65. The number of nitrogens with zero attached hydrogens (tertiary/aromatic N) is 2. The molecule has 0 radical (unpaired) electrons. The summed E-state index contributed by atoms with van der Waals surface area (Å²) in [7, 11) is 7.82. The topological polar surface area (TPSA) is 6.48 Å². The Morgan fingerprint density at radius 2 is 1.62 bits per heavy atom. The SMILES string of the molecule is C=CC[SiH](C)C(C)(N(C)C)N(C)C. The Morgan fingerprint density at radius 1 is 1.23 bits per heavy atom. The molecule has 0 spiro atoms. The normalized spacial score (nSPS) is 15.1. The van der Waals surface area contributed by atoms with Crippen LogP contribution in [0.1, 0.15) is 6.92 Å². The third-order valence-electron chi connectivity index (χ3n) is 3.26. The second-order valence-electron chi connectivity index (χ2n) is 4.31. The second-order valence-corrected chi connectivity index (χ2v) is 7.68. The minimum absolute atomic E-state index is 0.244. The lowest BCUT2D eigenvalue weighted by atomic mass is 10.4. The molecule has 0 aromatic heterocycles. The zero-order chi connectivity index (χ0) is 10.6. The standard InChI is InChI=1S/C10H24N2Si/c1-8-9-13(7)10(2,11(3)4)12(5)6/h8,13H,1,9H2,2-7H3. The molecule has 0 fully saturated rings. The quantitative estimate of drug-likeness (QED) is 0.376. The van der Waals surface area contributed by atoms with Gasteiger partial charge in [-0.15, -0.1) is 6.58 Å². The van der Waals surface area contributed by atoms with Crippen LogP contribution >= 0.6 is 0 Å². The Labute approximate surface area is 84.8 Å². The third-order valence-corrected chi connectivity index (χ3v) is 7.20. The van der Waals surface area contributed by atoms with Crippen molar-refractivity contribution in [2.45, 2.75) is 24.8 Å². The molecule has 3 heteroatoms. The van der Waals surface area contributed by atoms with Crippen LogP contribution in [-0.2, 0) is 0 Å². The molecule has 78 valence electrons. The van der Waals surface area contributed by atoms with E-state index in [1.165, 1.54) is 6.04 Å². The zero-order valence-corrected chi connectivity index (χ0v) is 11.1. The Morgan fingerprint density at radius 3 is 1.85 bits per heavy atom. The molecular weight excluding hydrogens is 176 g/mol. The van der Waals surface area contributed by atoms with Crippen molar-refractivity contribution < 1.29 is 0 Å². The van der Waals surface area contributed by atoms with Crippen LogP contribution in [0.5, 0.6) is 0 Å². The van der Waals surface area contributed by atoms with Crippen LogP contribution in [0, 0.1) is 0 Å². The first-order valence-corrected chi connectivity index (χ1v) is 7.38. The van der Waals surface area contributed by atoms with E-state index < -0.39 is 8.80 Å². The summed E-state index contributed by atoms with van der Waals surface area (Å²) < 4.78 is 0. The van der Waals surface area contributed by atoms with Gasteiger partial charge in [0.15, 0.2) is 0 Å². The predicted octanol–water partition coefficient (Wildman–Crippen LogP) is 1.41. The van der Waals surface area contributed by atoms with Gasteiger partial charge < -0.3 is 0 Å². The second kappa shape index (κ2) is 4.93. The summed E-state index contributed by atoms with van der Waals surface area (Å²) in [6, 6.07) is 1.19. The summed E-state index contributed by atoms with van der Waals surface area (Å²) in [6.45, 7) is 8.56. The van der Waals surface area contributed by atoms with Crippen LogP contribution in [0.3, 0.4) is 0 Å². The first kappa shape index (κ1) is 12.9. The fraction of sp³-hybridized carbons (Fsp3) is 0.800. The smallest absolute Gasteiger partial charge is 0.0795 e. The Balaban J connectivity index is 4.67. The Kier molecular flexibility index (Phi) is 4.89. The highest BCUT2D eigenvalue weighted by molar-refractivity contribution is 6.61. The average Bonchev–Trinajstić information content (AvgIpc) is 2.02. The van der Waals surface area contributed by atoms with Gasteiger partial charge in [-0.1, -0.05) is 12.6 Å². The summed E-state index contributed by atoms with van der Waals surface area (Å²) in [6.07, 6.45) is 2.06. The molecule has 0 saturated heterocycles. The van der Waals surface area contributed by atoms with Gasteiger partial charge >= 0.3 is 0 Å². The molecule has 0 aliphatic rings. The molecule has 0 saturated carbocycles. The molecule has 13 heavy (non-hydrogen) atoms. The highest BCUT2D eigenvalue weighted by Crippen LogP contribution is 2.20. The average molecular weight is 200 g/mol. The minimum atomic E-state index is -0.814. The zero-order valence-electron chi connectivity index (χ0n) is 9.96. The van der Waals surface area contributed by atoms with Gasteiger partial charge in [0.1, 0.15) is 0 Å². The van der Waals surface area contributed by atoms with Crippen LogP contribution < -0.4 is 0 Å². The fourth-order valence-electron chi connectivity index (χ4n) is 1.75. The number of hydrogen-bond donors (Lipinski definition) is 0. The Bertz CT molecular complexity index is 158. The lowest BCUT2D eigenvalue weighted by Gasteiger charge is -2.46. The number of allylic oxidation sites excluding steroid dienone is 1. The molecule has 0 aromatic rings.